The molecule has 1 aliphatic carbocycles. The van der Waals surface area contributed by atoms with Crippen molar-refractivity contribution in [1.82, 2.24) is 25.1 Å². The van der Waals surface area contributed by atoms with Crippen LogP contribution in [-0.2, 0) is 4.79 Å². The number of thioether (sulfide) groups is 1. The van der Waals surface area contributed by atoms with Gasteiger partial charge in [0, 0.05) is 29.8 Å². The molecule has 1 heterocycles. The van der Waals surface area contributed by atoms with Crippen LogP contribution in [-0.4, -0.2) is 49.4 Å². The Morgan fingerprint density at radius 2 is 2.00 bits per heavy atom. The van der Waals surface area contributed by atoms with Gasteiger partial charge in [-0.2, -0.15) is 4.68 Å². The average molecular weight is 408 g/mol. The SMILES string of the molecule is CCN(C(=O)CCCSc1nnnn1-c1ccc(Cl)cc1)C1CCCCC1. The van der Waals surface area contributed by atoms with E-state index in [0.717, 1.165) is 42.4 Å². The highest BCUT2D eigenvalue weighted by Crippen LogP contribution is 2.24. The Hall–Kier alpha value is -1.60. The Kier molecular flexibility index (Phi) is 7.52. The maximum atomic E-state index is 12.6. The lowest BCUT2D eigenvalue weighted by atomic mass is 9.94. The summed E-state index contributed by atoms with van der Waals surface area (Å²) in [5, 5.41) is 13.3. The number of benzene rings is 1. The molecule has 3 rings (SSSR count). The summed E-state index contributed by atoms with van der Waals surface area (Å²) in [6, 6.07) is 7.85. The summed E-state index contributed by atoms with van der Waals surface area (Å²) >= 11 is 7.51. The number of hydrogen-bond acceptors (Lipinski definition) is 5. The van der Waals surface area contributed by atoms with Gasteiger partial charge in [0.1, 0.15) is 0 Å². The van der Waals surface area contributed by atoms with E-state index in [1.807, 2.05) is 24.3 Å². The van der Waals surface area contributed by atoms with Gasteiger partial charge >= 0.3 is 0 Å². The molecule has 1 aliphatic rings. The van der Waals surface area contributed by atoms with Gasteiger partial charge in [-0.15, -0.1) is 5.10 Å². The monoisotopic (exact) mass is 407 g/mol. The van der Waals surface area contributed by atoms with E-state index in [9.17, 15) is 4.79 Å². The Morgan fingerprint density at radius 3 is 2.70 bits per heavy atom. The van der Waals surface area contributed by atoms with E-state index < -0.39 is 0 Å². The normalized spacial score (nSPS) is 15.0. The van der Waals surface area contributed by atoms with Crippen molar-refractivity contribution in [2.75, 3.05) is 12.3 Å². The molecule has 0 aliphatic heterocycles. The number of carbonyl (C=O) groups is 1. The number of amides is 1. The molecule has 6 nitrogen and oxygen atoms in total. The fourth-order valence-electron chi connectivity index (χ4n) is 3.57. The molecule has 0 bridgehead atoms. The summed E-state index contributed by atoms with van der Waals surface area (Å²) in [7, 11) is 0. The zero-order valence-electron chi connectivity index (χ0n) is 15.7. The number of halogens is 1. The molecule has 0 saturated heterocycles. The fraction of sp³-hybridized carbons (Fsp3) is 0.579. The van der Waals surface area contributed by atoms with Crippen LogP contribution in [0.5, 0.6) is 0 Å². The van der Waals surface area contributed by atoms with Crippen molar-refractivity contribution in [3.63, 3.8) is 0 Å². The second kappa shape index (κ2) is 10.1. The van der Waals surface area contributed by atoms with Crippen LogP contribution in [0.15, 0.2) is 29.4 Å². The lowest BCUT2D eigenvalue weighted by Crippen LogP contribution is -2.41. The molecule has 1 aromatic carbocycles. The first-order valence-electron chi connectivity index (χ1n) is 9.65. The van der Waals surface area contributed by atoms with E-state index in [2.05, 4.69) is 27.3 Å². The van der Waals surface area contributed by atoms with Crippen LogP contribution in [0.2, 0.25) is 5.02 Å². The zero-order chi connectivity index (χ0) is 19.1. The lowest BCUT2D eigenvalue weighted by Gasteiger charge is -2.33. The molecule has 2 aromatic rings. The minimum absolute atomic E-state index is 0.280. The van der Waals surface area contributed by atoms with E-state index in [4.69, 9.17) is 11.6 Å². The quantitative estimate of drug-likeness (QED) is 0.480. The van der Waals surface area contributed by atoms with Crippen molar-refractivity contribution < 1.29 is 4.79 Å². The van der Waals surface area contributed by atoms with Crippen LogP contribution in [0.1, 0.15) is 51.9 Å². The van der Waals surface area contributed by atoms with Gasteiger partial charge < -0.3 is 4.90 Å². The summed E-state index contributed by atoms with van der Waals surface area (Å²) in [4.78, 5) is 14.7. The third kappa shape index (κ3) is 5.45. The first-order valence-corrected chi connectivity index (χ1v) is 11.0. The van der Waals surface area contributed by atoms with E-state index in [1.165, 1.54) is 19.3 Å². The Labute approximate surface area is 169 Å². The third-order valence-corrected chi connectivity index (χ3v) is 6.21. The van der Waals surface area contributed by atoms with Crippen molar-refractivity contribution in [2.24, 2.45) is 0 Å². The van der Waals surface area contributed by atoms with E-state index in [1.54, 1.807) is 16.4 Å². The largest absolute Gasteiger partial charge is 0.340 e. The summed E-state index contributed by atoms with van der Waals surface area (Å²) in [6.07, 6.45) is 7.52. The molecular formula is C19H26ClN5OS. The minimum Gasteiger partial charge on any atom is -0.340 e. The second-order valence-corrected chi connectivity index (χ2v) is 8.27. The highest BCUT2D eigenvalue weighted by molar-refractivity contribution is 7.99. The third-order valence-electron chi connectivity index (χ3n) is 4.95. The van der Waals surface area contributed by atoms with Crippen molar-refractivity contribution in [3.8, 4) is 5.69 Å². The molecule has 0 atom stereocenters. The van der Waals surface area contributed by atoms with Gasteiger partial charge in [0.2, 0.25) is 11.1 Å². The van der Waals surface area contributed by atoms with E-state index in [0.29, 0.717) is 17.5 Å². The summed E-state index contributed by atoms with van der Waals surface area (Å²) in [5.74, 6) is 1.09. The van der Waals surface area contributed by atoms with E-state index in [-0.39, 0.29) is 5.91 Å². The van der Waals surface area contributed by atoms with Crippen molar-refractivity contribution in [1.29, 1.82) is 0 Å². The highest BCUT2D eigenvalue weighted by atomic mass is 35.5. The summed E-state index contributed by atoms with van der Waals surface area (Å²) in [5.41, 5.74) is 0.873. The Morgan fingerprint density at radius 1 is 1.26 bits per heavy atom. The number of hydrogen-bond donors (Lipinski definition) is 0. The van der Waals surface area contributed by atoms with Gasteiger partial charge in [0.05, 0.1) is 5.69 Å². The standard InChI is InChI=1S/C19H26ClN5OS/c1-2-24(16-7-4-3-5-8-16)18(26)9-6-14-27-19-21-22-23-25(19)17-12-10-15(20)11-13-17/h10-13,16H,2-9,14H2,1H3. The van der Waals surface area contributed by atoms with Gasteiger partial charge in [0.15, 0.2) is 0 Å². The predicted molar refractivity (Wildman–Crippen MR) is 108 cm³/mol. The minimum atomic E-state index is 0.280. The summed E-state index contributed by atoms with van der Waals surface area (Å²) in [6.45, 7) is 2.90. The predicted octanol–water partition coefficient (Wildman–Crippen LogP) is 4.37. The molecule has 27 heavy (non-hydrogen) atoms. The van der Waals surface area contributed by atoms with Crippen molar-refractivity contribution in [3.05, 3.63) is 29.3 Å². The zero-order valence-corrected chi connectivity index (χ0v) is 17.3. The number of aromatic nitrogens is 4. The van der Waals surface area contributed by atoms with Crippen LogP contribution in [0.4, 0.5) is 0 Å². The van der Waals surface area contributed by atoms with Gasteiger partial charge in [0.25, 0.3) is 0 Å². The molecule has 1 amide bonds. The molecule has 0 radical (unpaired) electrons. The van der Waals surface area contributed by atoms with Crippen LogP contribution >= 0.6 is 23.4 Å². The topological polar surface area (TPSA) is 63.9 Å². The maximum Gasteiger partial charge on any atom is 0.222 e. The first kappa shape index (κ1) is 20.1. The van der Waals surface area contributed by atoms with Gasteiger partial charge in [-0.25, -0.2) is 0 Å². The van der Waals surface area contributed by atoms with Crippen molar-refractivity contribution >= 4 is 29.3 Å². The van der Waals surface area contributed by atoms with Crippen LogP contribution in [0, 0.1) is 0 Å². The molecule has 146 valence electrons. The second-order valence-electron chi connectivity index (χ2n) is 6.77. The first-order chi connectivity index (χ1) is 13.2. The van der Waals surface area contributed by atoms with Crippen LogP contribution in [0.25, 0.3) is 5.69 Å². The molecule has 0 N–H and O–H groups in total. The maximum absolute atomic E-state index is 12.6. The fourth-order valence-corrected chi connectivity index (χ4v) is 4.53. The molecule has 0 unspecified atom stereocenters. The van der Waals surface area contributed by atoms with Crippen LogP contribution in [0.3, 0.4) is 0 Å². The highest BCUT2D eigenvalue weighted by Gasteiger charge is 2.23. The molecule has 1 fully saturated rings. The Bertz CT molecular complexity index is 730. The van der Waals surface area contributed by atoms with Gasteiger partial charge in [-0.1, -0.05) is 42.6 Å². The average Bonchev–Trinajstić information content (AvgIpc) is 3.16. The number of tetrazole rings is 1. The van der Waals surface area contributed by atoms with Crippen molar-refractivity contribution in [2.45, 2.75) is 63.1 Å². The number of rotatable bonds is 8. The van der Waals surface area contributed by atoms with Crippen LogP contribution < -0.4 is 0 Å². The van der Waals surface area contributed by atoms with Gasteiger partial charge in [-0.3, -0.25) is 4.79 Å². The van der Waals surface area contributed by atoms with E-state index >= 15 is 0 Å². The molecular weight excluding hydrogens is 382 g/mol. The number of carbonyl (C=O) groups excluding carboxylic acids is 1. The molecule has 0 spiro atoms. The molecule has 1 aromatic heterocycles. The molecule has 1 saturated carbocycles. The lowest BCUT2D eigenvalue weighted by molar-refractivity contribution is -0.133. The Balaban J connectivity index is 1.48. The summed E-state index contributed by atoms with van der Waals surface area (Å²) < 4.78 is 1.70. The van der Waals surface area contributed by atoms with Gasteiger partial charge in [-0.05, 0) is 60.9 Å². The smallest absolute Gasteiger partial charge is 0.222 e. The number of nitrogens with zero attached hydrogens (tertiary/aromatic N) is 5. The molecule has 8 heteroatoms.